The molecular weight excluding hydrogens is 226 g/mol. The zero-order chi connectivity index (χ0) is 13.4. The lowest BCUT2D eigenvalue weighted by Crippen LogP contribution is -2.34. The van der Waals surface area contributed by atoms with Crippen molar-refractivity contribution in [2.75, 3.05) is 20.2 Å². The normalized spacial score (nSPS) is 19.0. The SMILES string of the molecule is CC.COc1ccc(CN2CC=CC(O)C2)cc1. The topological polar surface area (TPSA) is 32.7 Å². The third kappa shape index (κ3) is 4.51. The molecule has 0 amide bonds. The number of rotatable bonds is 3. The summed E-state index contributed by atoms with van der Waals surface area (Å²) in [6.45, 7) is 6.48. The molecule has 1 aliphatic rings. The van der Waals surface area contributed by atoms with E-state index < -0.39 is 0 Å². The first-order valence-corrected chi connectivity index (χ1v) is 6.48. The molecule has 0 bridgehead atoms. The van der Waals surface area contributed by atoms with E-state index in [0.29, 0.717) is 6.54 Å². The van der Waals surface area contributed by atoms with Crippen LogP contribution in [0.25, 0.3) is 0 Å². The van der Waals surface area contributed by atoms with Crippen LogP contribution in [0.15, 0.2) is 36.4 Å². The van der Waals surface area contributed by atoms with Crippen molar-refractivity contribution in [3.05, 3.63) is 42.0 Å². The second kappa shape index (κ2) is 7.90. The summed E-state index contributed by atoms with van der Waals surface area (Å²) in [4.78, 5) is 2.21. The molecule has 1 atom stereocenters. The van der Waals surface area contributed by atoms with E-state index in [9.17, 15) is 5.11 Å². The van der Waals surface area contributed by atoms with Gasteiger partial charge < -0.3 is 9.84 Å². The predicted octanol–water partition coefficient (Wildman–Crippen LogP) is 2.45. The highest BCUT2D eigenvalue weighted by molar-refractivity contribution is 5.27. The quantitative estimate of drug-likeness (QED) is 0.835. The van der Waals surface area contributed by atoms with Crippen molar-refractivity contribution in [2.24, 2.45) is 0 Å². The van der Waals surface area contributed by atoms with Crippen molar-refractivity contribution in [1.82, 2.24) is 4.90 Å². The molecule has 0 spiro atoms. The summed E-state index contributed by atoms with van der Waals surface area (Å²) in [7, 11) is 1.67. The van der Waals surface area contributed by atoms with E-state index in [-0.39, 0.29) is 6.10 Å². The molecule has 3 nitrogen and oxygen atoms in total. The molecule has 1 heterocycles. The van der Waals surface area contributed by atoms with Crippen molar-refractivity contribution < 1.29 is 9.84 Å². The van der Waals surface area contributed by atoms with Gasteiger partial charge in [0.2, 0.25) is 0 Å². The van der Waals surface area contributed by atoms with Gasteiger partial charge in [0.05, 0.1) is 13.2 Å². The fourth-order valence-electron chi connectivity index (χ4n) is 1.89. The molecule has 0 saturated heterocycles. The number of nitrogens with zero attached hydrogens (tertiary/aromatic N) is 1. The molecular formula is C15H23NO2. The van der Waals surface area contributed by atoms with Gasteiger partial charge in [-0.25, -0.2) is 0 Å². The lowest BCUT2D eigenvalue weighted by Gasteiger charge is -2.26. The summed E-state index contributed by atoms with van der Waals surface area (Å²) in [6, 6.07) is 8.05. The Morgan fingerprint density at radius 3 is 2.50 bits per heavy atom. The van der Waals surface area contributed by atoms with E-state index >= 15 is 0 Å². The number of hydrogen-bond donors (Lipinski definition) is 1. The molecule has 0 aliphatic carbocycles. The monoisotopic (exact) mass is 249 g/mol. The summed E-state index contributed by atoms with van der Waals surface area (Å²) in [5.74, 6) is 0.877. The Morgan fingerprint density at radius 2 is 1.94 bits per heavy atom. The van der Waals surface area contributed by atoms with Crippen LogP contribution >= 0.6 is 0 Å². The van der Waals surface area contributed by atoms with Gasteiger partial charge in [0.1, 0.15) is 5.75 Å². The van der Waals surface area contributed by atoms with Gasteiger partial charge in [0.25, 0.3) is 0 Å². The average molecular weight is 249 g/mol. The summed E-state index contributed by atoms with van der Waals surface area (Å²) in [5, 5.41) is 9.49. The van der Waals surface area contributed by atoms with Crippen LogP contribution in [-0.4, -0.2) is 36.3 Å². The molecule has 3 heteroatoms. The third-order valence-electron chi connectivity index (χ3n) is 2.73. The number of aliphatic hydroxyl groups excluding tert-OH is 1. The second-order valence-corrected chi connectivity index (χ2v) is 4.04. The highest BCUT2D eigenvalue weighted by atomic mass is 16.5. The first kappa shape index (κ1) is 14.7. The van der Waals surface area contributed by atoms with Gasteiger partial charge in [-0.2, -0.15) is 0 Å². The summed E-state index contributed by atoms with van der Waals surface area (Å²) < 4.78 is 5.11. The van der Waals surface area contributed by atoms with E-state index in [1.165, 1.54) is 5.56 Å². The van der Waals surface area contributed by atoms with Gasteiger partial charge in [-0.15, -0.1) is 0 Å². The smallest absolute Gasteiger partial charge is 0.118 e. The third-order valence-corrected chi connectivity index (χ3v) is 2.73. The van der Waals surface area contributed by atoms with Crippen molar-refractivity contribution in [3.63, 3.8) is 0 Å². The van der Waals surface area contributed by atoms with Gasteiger partial charge in [-0.1, -0.05) is 38.1 Å². The molecule has 0 radical (unpaired) electrons. The van der Waals surface area contributed by atoms with Crippen LogP contribution in [0.4, 0.5) is 0 Å². The molecule has 18 heavy (non-hydrogen) atoms. The standard InChI is InChI=1S/C13H17NO2.C2H6/c1-16-13-6-4-11(5-7-13)9-14-8-2-3-12(15)10-14;1-2/h2-7,12,15H,8-10H2,1H3;1-2H3. The second-order valence-electron chi connectivity index (χ2n) is 4.04. The van der Waals surface area contributed by atoms with Crippen molar-refractivity contribution in [2.45, 2.75) is 26.5 Å². The molecule has 0 fully saturated rings. The van der Waals surface area contributed by atoms with E-state index in [1.54, 1.807) is 7.11 Å². The van der Waals surface area contributed by atoms with Crippen LogP contribution in [-0.2, 0) is 6.54 Å². The lowest BCUT2D eigenvalue weighted by atomic mass is 10.1. The Kier molecular flexibility index (Phi) is 6.47. The first-order chi connectivity index (χ1) is 8.78. The van der Waals surface area contributed by atoms with E-state index in [0.717, 1.165) is 18.8 Å². The number of ether oxygens (including phenoxy) is 1. The zero-order valence-electron chi connectivity index (χ0n) is 11.5. The maximum atomic E-state index is 9.49. The van der Waals surface area contributed by atoms with Crippen LogP contribution in [0.5, 0.6) is 5.75 Å². The Balaban J connectivity index is 0.000000771. The minimum atomic E-state index is -0.327. The molecule has 1 N–H and O–H groups in total. The maximum Gasteiger partial charge on any atom is 0.118 e. The van der Waals surface area contributed by atoms with Gasteiger partial charge >= 0.3 is 0 Å². The van der Waals surface area contributed by atoms with Gasteiger partial charge in [-0.05, 0) is 17.7 Å². The molecule has 1 unspecified atom stereocenters. The minimum absolute atomic E-state index is 0.327. The van der Waals surface area contributed by atoms with E-state index in [4.69, 9.17) is 4.74 Å². The Morgan fingerprint density at radius 1 is 1.28 bits per heavy atom. The molecule has 100 valence electrons. The van der Waals surface area contributed by atoms with E-state index in [2.05, 4.69) is 17.0 Å². The molecule has 0 aromatic heterocycles. The number of methoxy groups -OCH3 is 1. The summed E-state index contributed by atoms with van der Waals surface area (Å²) >= 11 is 0. The molecule has 2 rings (SSSR count). The molecule has 1 aromatic carbocycles. The van der Waals surface area contributed by atoms with Crippen LogP contribution in [0.2, 0.25) is 0 Å². The van der Waals surface area contributed by atoms with Crippen LogP contribution in [0.1, 0.15) is 19.4 Å². The average Bonchev–Trinajstić information content (AvgIpc) is 2.42. The van der Waals surface area contributed by atoms with Gasteiger partial charge in [0, 0.05) is 19.6 Å². The highest BCUT2D eigenvalue weighted by Crippen LogP contribution is 2.14. The maximum absolute atomic E-state index is 9.49. The summed E-state index contributed by atoms with van der Waals surface area (Å²) in [5.41, 5.74) is 1.24. The molecule has 1 aliphatic heterocycles. The van der Waals surface area contributed by atoms with Crippen LogP contribution < -0.4 is 4.74 Å². The van der Waals surface area contributed by atoms with Crippen molar-refractivity contribution >= 4 is 0 Å². The van der Waals surface area contributed by atoms with Crippen LogP contribution in [0, 0.1) is 0 Å². The van der Waals surface area contributed by atoms with Crippen LogP contribution in [0.3, 0.4) is 0 Å². The van der Waals surface area contributed by atoms with Crippen molar-refractivity contribution in [3.8, 4) is 5.75 Å². The largest absolute Gasteiger partial charge is 0.497 e. The molecule has 1 aromatic rings. The number of aliphatic hydroxyl groups is 1. The summed E-state index contributed by atoms with van der Waals surface area (Å²) in [6.07, 6.45) is 3.54. The highest BCUT2D eigenvalue weighted by Gasteiger charge is 2.12. The Bertz CT molecular complexity index is 359. The van der Waals surface area contributed by atoms with Gasteiger partial charge in [0.15, 0.2) is 0 Å². The van der Waals surface area contributed by atoms with Gasteiger partial charge in [-0.3, -0.25) is 4.90 Å². The Labute approximate surface area is 110 Å². The fourth-order valence-corrected chi connectivity index (χ4v) is 1.89. The zero-order valence-corrected chi connectivity index (χ0v) is 11.5. The number of hydrogen-bond acceptors (Lipinski definition) is 3. The Hall–Kier alpha value is -1.32. The number of β-amino-alcohol motifs (C(OH)–C–C–N with tert-alkyl or cyclic N) is 1. The van der Waals surface area contributed by atoms with Crippen molar-refractivity contribution in [1.29, 1.82) is 0 Å². The first-order valence-electron chi connectivity index (χ1n) is 6.48. The number of benzene rings is 1. The fraction of sp³-hybridized carbons (Fsp3) is 0.467. The minimum Gasteiger partial charge on any atom is -0.497 e. The molecule has 0 saturated carbocycles. The predicted molar refractivity (Wildman–Crippen MR) is 74.8 cm³/mol. The lowest BCUT2D eigenvalue weighted by molar-refractivity contribution is 0.140. The van der Waals surface area contributed by atoms with E-state index in [1.807, 2.05) is 38.1 Å².